The molecule has 0 spiro atoms. The minimum atomic E-state index is -0.534. The van der Waals surface area contributed by atoms with Gasteiger partial charge in [0.2, 0.25) is 0 Å². The Morgan fingerprint density at radius 2 is 2.06 bits per heavy atom. The van der Waals surface area contributed by atoms with Gasteiger partial charge in [0.25, 0.3) is 5.91 Å². The molecule has 0 aliphatic heterocycles. The van der Waals surface area contributed by atoms with E-state index in [4.69, 9.17) is 16.2 Å². The number of ether oxygens (including phenoxy) is 1. The molecule has 0 saturated carbocycles. The van der Waals surface area contributed by atoms with Crippen molar-refractivity contribution in [2.24, 2.45) is 11.5 Å². The van der Waals surface area contributed by atoms with Crippen LogP contribution in [0.15, 0.2) is 42.7 Å². The van der Waals surface area contributed by atoms with E-state index in [-0.39, 0.29) is 0 Å². The third-order valence-electron chi connectivity index (χ3n) is 2.39. The molecule has 0 atom stereocenters. The van der Waals surface area contributed by atoms with Crippen LogP contribution in [0.3, 0.4) is 0 Å². The summed E-state index contributed by atoms with van der Waals surface area (Å²) >= 11 is 0. The van der Waals surface area contributed by atoms with Crippen molar-refractivity contribution in [1.29, 1.82) is 0 Å². The summed E-state index contributed by atoms with van der Waals surface area (Å²) < 4.78 is 5.59. The second-order valence-electron chi connectivity index (χ2n) is 3.70. The average molecular weight is 243 g/mol. The van der Waals surface area contributed by atoms with E-state index < -0.39 is 5.91 Å². The molecule has 1 aromatic heterocycles. The molecule has 1 amide bonds. The molecular formula is C13H13N3O2. The molecule has 5 heteroatoms. The standard InChI is InChI=1S/C13H13N3O2/c14-6-9-5-10(8-16-7-9)18-12-4-2-1-3-11(12)13(15)17/h1-5,7-8H,6,14H2,(H2,15,17). The zero-order valence-corrected chi connectivity index (χ0v) is 9.67. The Balaban J connectivity index is 2.31. The Labute approximate surface area is 104 Å². The quantitative estimate of drug-likeness (QED) is 0.849. The molecule has 0 unspecified atom stereocenters. The first-order valence-electron chi connectivity index (χ1n) is 5.41. The van der Waals surface area contributed by atoms with Crippen molar-refractivity contribution in [3.8, 4) is 11.5 Å². The largest absolute Gasteiger partial charge is 0.455 e. The summed E-state index contributed by atoms with van der Waals surface area (Å²) in [6, 6.07) is 8.54. The van der Waals surface area contributed by atoms with E-state index in [2.05, 4.69) is 4.98 Å². The first kappa shape index (κ1) is 12.1. The second kappa shape index (κ2) is 5.29. The molecule has 0 radical (unpaired) electrons. The van der Waals surface area contributed by atoms with Gasteiger partial charge in [-0.2, -0.15) is 0 Å². The number of hydrogen-bond acceptors (Lipinski definition) is 4. The summed E-state index contributed by atoms with van der Waals surface area (Å²) in [5.74, 6) is 0.390. The molecule has 0 fully saturated rings. The van der Waals surface area contributed by atoms with Gasteiger partial charge in [-0.3, -0.25) is 9.78 Å². The van der Waals surface area contributed by atoms with Crippen LogP contribution in [-0.4, -0.2) is 10.9 Å². The fraction of sp³-hybridized carbons (Fsp3) is 0.0769. The van der Waals surface area contributed by atoms with E-state index >= 15 is 0 Å². The van der Waals surface area contributed by atoms with Crippen molar-refractivity contribution in [3.63, 3.8) is 0 Å². The summed E-state index contributed by atoms with van der Waals surface area (Å²) in [6.07, 6.45) is 3.21. The first-order valence-corrected chi connectivity index (χ1v) is 5.41. The molecule has 0 saturated heterocycles. The highest BCUT2D eigenvalue weighted by molar-refractivity contribution is 5.95. The molecule has 2 aromatic rings. The number of benzene rings is 1. The summed E-state index contributed by atoms with van der Waals surface area (Å²) in [4.78, 5) is 15.2. The van der Waals surface area contributed by atoms with Gasteiger partial charge in [0.1, 0.15) is 11.5 Å². The van der Waals surface area contributed by atoms with Gasteiger partial charge < -0.3 is 16.2 Å². The van der Waals surface area contributed by atoms with Crippen LogP contribution in [0.4, 0.5) is 0 Å². The van der Waals surface area contributed by atoms with Crippen molar-refractivity contribution in [2.45, 2.75) is 6.54 Å². The van der Waals surface area contributed by atoms with Gasteiger partial charge in [0, 0.05) is 12.7 Å². The lowest BCUT2D eigenvalue weighted by Crippen LogP contribution is -2.12. The number of hydrogen-bond donors (Lipinski definition) is 2. The summed E-state index contributed by atoms with van der Waals surface area (Å²) in [7, 11) is 0. The summed E-state index contributed by atoms with van der Waals surface area (Å²) in [5, 5.41) is 0. The maximum absolute atomic E-state index is 11.2. The van der Waals surface area contributed by atoms with Gasteiger partial charge in [-0.25, -0.2) is 0 Å². The number of nitrogens with zero attached hydrogens (tertiary/aromatic N) is 1. The van der Waals surface area contributed by atoms with Crippen LogP contribution in [0.2, 0.25) is 0 Å². The Bertz CT molecular complexity index is 570. The predicted octanol–water partition coefficient (Wildman–Crippen LogP) is 1.43. The highest BCUT2D eigenvalue weighted by atomic mass is 16.5. The third-order valence-corrected chi connectivity index (χ3v) is 2.39. The Morgan fingerprint density at radius 3 is 2.78 bits per heavy atom. The fourth-order valence-electron chi connectivity index (χ4n) is 1.52. The fourth-order valence-corrected chi connectivity index (χ4v) is 1.52. The average Bonchev–Trinajstić information content (AvgIpc) is 2.39. The van der Waals surface area contributed by atoms with Gasteiger partial charge in [-0.05, 0) is 23.8 Å². The van der Waals surface area contributed by atoms with Crippen LogP contribution in [0.25, 0.3) is 0 Å². The molecule has 1 heterocycles. The molecule has 2 rings (SSSR count). The van der Waals surface area contributed by atoms with Crippen LogP contribution < -0.4 is 16.2 Å². The van der Waals surface area contributed by atoms with Crippen LogP contribution in [0, 0.1) is 0 Å². The molecule has 4 N–H and O–H groups in total. The highest BCUT2D eigenvalue weighted by Gasteiger charge is 2.09. The lowest BCUT2D eigenvalue weighted by molar-refractivity contribution is 0.0998. The van der Waals surface area contributed by atoms with Crippen LogP contribution >= 0.6 is 0 Å². The Hall–Kier alpha value is -2.40. The van der Waals surface area contributed by atoms with Gasteiger partial charge in [0.15, 0.2) is 0 Å². The number of pyridine rings is 1. The zero-order valence-electron chi connectivity index (χ0n) is 9.67. The number of rotatable bonds is 4. The molecule has 0 aliphatic carbocycles. The number of primary amides is 1. The molecule has 18 heavy (non-hydrogen) atoms. The van der Waals surface area contributed by atoms with Gasteiger partial charge >= 0.3 is 0 Å². The van der Waals surface area contributed by atoms with E-state index in [0.717, 1.165) is 5.56 Å². The molecule has 5 nitrogen and oxygen atoms in total. The number of nitrogens with two attached hydrogens (primary N) is 2. The number of carbonyl (C=O) groups excluding carboxylic acids is 1. The second-order valence-corrected chi connectivity index (χ2v) is 3.70. The van der Waals surface area contributed by atoms with Crippen molar-refractivity contribution >= 4 is 5.91 Å². The van der Waals surface area contributed by atoms with E-state index in [1.54, 1.807) is 42.7 Å². The smallest absolute Gasteiger partial charge is 0.252 e. The Morgan fingerprint density at radius 1 is 1.28 bits per heavy atom. The molecule has 0 bridgehead atoms. The van der Waals surface area contributed by atoms with Crippen molar-refractivity contribution in [2.75, 3.05) is 0 Å². The number of aromatic nitrogens is 1. The molecule has 92 valence electrons. The maximum atomic E-state index is 11.2. The molecular weight excluding hydrogens is 230 g/mol. The van der Waals surface area contributed by atoms with Gasteiger partial charge in [-0.1, -0.05) is 12.1 Å². The monoisotopic (exact) mass is 243 g/mol. The van der Waals surface area contributed by atoms with Crippen molar-refractivity contribution in [3.05, 3.63) is 53.9 Å². The molecule has 0 aliphatic rings. The van der Waals surface area contributed by atoms with Crippen LogP contribution in [-0.2, 0) is 6.54 Å². The number of carbonyl (C=O) groups is 1. The van der Waals surface area contributed by atoms with Crippen LogP contribution in [0.5, 0.6) is 11.5 Å². The lowest BCUT2D eigenvalue weighted by Gasteiger charge is -2.09. The highest BCUT2D eigenvalue weighted by Crippen LogP contribution is 2.24. The molecule has 1 aromatic carbocycles. The first-order chi connectivity index (χ1) is 8.70. The van der Waals surface area contributed by atoms with Crippen molar-refractivity contribution < 1.29 is 9.53 Å². The van der Waals surface area contributed by atoms with E-state index in [0.29, 0.717) is 23.6 Å². The predicted molar refractivity (Wildman–Crippen MR) is 67.2 cm³/mol. The third kappa shape index (κ3) is 2.64. The zero-order chi connectivity index (χ0) is 13.0. The summed E-state index contributed by atoms with van der Waals surface area (Å²) in [5.41, 5.74) is 12.0. The Kier molecular flexibility index (Phi) is 3.54. The summed E-state index contributed by atoms with van der Waals surface area (Å²) in [6.45, 7) is 0.377. The van der Waals surface area contributed by atoms with E-state index in [9.17, 15) is 4.79 Å². The minimum absolute atomic E-state index is 0.329. The van der Waals surface area contributed by atoms with Gasteiger partial charge in [0.05, 0.1) is 11.8 Å². The lowest BCUT2D eigenvalue weighted by atomic mass is 10.2. The topological polar surface area (TPSA) is 91.2 Å². The van der Waals surface area contributed by atoms with E-state index in [1.807, 2.05) is 0 Å². The van der Waals surface area contributed by atoms with E-state index in [1.165, 1.54) is 0 Å². The van der Waals surface area contributed by atoms with Crippen molar-refractivity contribution in [1.82, 2.24) is 4.98 Å². The normalized spacial score (nSPS) is 10.1. The van der Waals surface area contributed by atoms with Gasteiger partial charge in [-0.15, -0.1) is 0 Å². The van der Waals surface area contributed by atoms with Crippen LogP contribution in [0.1, 0.15) is 15.9 Å². The number of amides is 1. The maximum Gasteiger partial charge on any atom is 0.252 e. The number of para-hydroxylation sites is 1. The minimum Gasteiger partial charge on any atom is -0.455 e. The SMILES string of the molecule is NCc1cncc(Oc2ccccc2C(N)=O)c1.